The van der Waals surface area contributed by atoms with E-state index in [4.69, 9.17) is 0 Å². The normalized spacial score (nSPS) is 10.9. The van der Waals surface area contributed by atoms with Crippen LogP contribution in [0.5, 0.6) is 0 Å². The van der Waals surface area contributed by atoms with Crippen molar-refractivity contribution in [3.8, 4) is 5.69 Å². The third-order valence-corrected chi connectivity index (χ3v) is 4.40. The number of hydrogen-bond acceptors (Lipinski definition) is 3. The molecule has 2 heterocycles. The van der Waals surface area contributed by atoms with Gasteiger partial charge in [-0.1, -0.05) is 24.3 Å². The van der Waals surface area contributed by atoms with Crippen LogP contribution in [0.15, 0.2) is 54.0 Å². The van der Waals surface area contributed by atoms with Crippen LogP contribution in [0.1, 0.15) is 16.4 Å². The van der Waals surface area contributed by atoms with Gasteiger partial charge in [-0.2, -0.15) is 0 Å². The Bertz CT molecular complexity index is 671. The summed E-state index contributed by atoms with van der Waals surface area (Å²) < 4.78 is 2.21. The number of nitrogens with zero attached hydrogens (tertiary/aromatic N) is 2. The van der Waals surface area contributed by atoms with Gasteiger partial charge in [0.15, 0.2) is 0 Å². The molecule has 3 nitrogen and oxygen atoms in total. The topological polar surface area (TPSA) is 29.9 Å². The number of thiophene rings is 1. The first-order valence-corrected chi connectivity index (χ1v) is 8.04. The van der Waals surface area contributed by atoms with Crippen molar-refractivity contribution in [1.82, 2.24) is 14.9 Å². The van der Waals surface area contributed by atoms with Crippen LogP contribution in [-0.4, -0.2) is 16.1 Å². The first-order valence-electron chi connectivity index (χ1n) is 7.16. The molecule has 4 heteroatoms. The van der Waals surface area contributed by atoms with E-state index in [2.05, 4.69) is 56.6 Å². The monoisotopic (exact) mass is 297 g/mol. The van der Waals surface area contributed by atoms with E-state index in [0.717, 1.165) is 25.3 Å². The third-order valence-electron chi connectivity index (χ3n) is 3.46. The first kappa shape index (κ1) is 14.0. The molecule has 21 heavy (non-hydrogen) atoms. The summed E-state index contributed by atoms with van der Waals surface area (Å²) in [6.45, 7) is 3.86. The summed E-state index contributed by atoms with van der Waals surface area (Å²) in [4.78, 5) is 5.87. The highest BCUT2D eigenvalue weighted by molar-refractivity contribution is 7.09. The second kappa shape index (κ2) is 6.70. The second-order valence-electron chi connectivity index (χ2n) is 4.97. The van der Waals surface area contributed by atoms with Crippen molar-refractivity contribution in [3.05, 3.63) is 70.4 Å². The molecular weight excluding hydrogens is 278 g/mol. The molecule has 0 aliphatic rings. The smallest absolute Gasteiger partial charge is 0.110 e. The molecule has 3 aromatic rings. The summed E-state index contributed by atoms with van der Waals surface area (Å²) in [5.74, 6) is 1.02. The molecule has 3 rings (SSSR count). The fourth-order valence-electron chi connectivity index (χ4n) is 2.43. The van der Waals surface area contributed by atoms with E-state index in [1.54, 1.807) is 0 Å². The SMILES string of the molecule is Cc1ncc(CNCCc2cccs2)n1-c1ccccc1. The molecule has 0 fully saturated rings. The van der Waals surface area contributed by atoms with E-state index in [0.29, 0.717) is 0 Å². The van der Waals surface area contributed by atoms with Crippen LogP contribution in [0.25, 0.3) is 5.69 Å². The summed E-state index contributed by atoms with van der Waals surface area (Å²) in [6.07, 6.45) is 3.04. The van der Waals surface area contributed by atoms with Gasteiger partial charge in [-0.25, -0.2) is 4.98 Å². The molecule has 0 amide bonds. The average molecular weight is 297 g/mol. The van der Waals surface area contributed by atoms with Crippen molar-refractivity contribution < 1.29 is 0 Å². The molecule has 0 aliphatic heterocycles. The van der Waals surface area contributed by atoms with Crippen LogP contribution < -0.4 is 5.32 Å². The van der Waals surface area contributed by atoms with E-state index in [9.17, 15) is 0 Å². The molecule has 108 valence electrons. The Hall–Kier alpha value is -1.91. The maximum Gasteiger partial charge on any atom is 0.110 e. The number of aryl methyl sites for hydroxylation is 1. The zero-order chi connectivity index (χ0) is 14.5. The molecule has 1 aromatic carbocycles. The van der Waals surface area contributed by atoms with Crippen molar-refractivity contribution in [3.63, 3.8) is 0 Å². The minimum absolute atomic E-state index is 0.834. The molecular formula is C17H19N3S. The van der Waals surface area contributed by atoms with Crippen molar-refractivity contribution in [2.45, 2.75) is 19.9 Å². The maximum atomic E-state index is 4.45. The van der Waals surface area contributed by atoms with Crippen LogP contribution in [-0.2, 0) is 13.0 Å². The predicted molar refractivity (Wildman–Crippen MR) is 88.0 cm³/mol. The Morgan fingerprint density at radius 1 is 1.14 bits per heavy atom. The van der Waals surface area contributed by atoms with E-state index in [-0.39, 0.29) is 0 Å². The minimum Gasteiger partial charge on any atom is -0.311 e. The van der Waals surface area contributed by atoms with E-state index in [1.807, 2.05) is 30.5 Å². The predicted octanol–water partition coefficient (Wildman–Crippen LogP) is 3.57. The van der Waals surface area contributed by atoms with Crippen LogP contribution >= 0.6 is 11.3 Å². The van der Waals surface area contributed by atoms with E-state index >= 15 is 0 Å². The molecule has 0 saturated heterocycles. The number of nitrogens with one attached hydrogen (secondary N) is 1. The number of imidazole rings is 1. The lowest BCUT2D eigenvalue weighted by Gasteiger charge is -2.11. The Labute approximate surface area is 129 Å². The summed E-state index contributed by atoms with van der Waals surface area (Å²) >= 11 is 1.82. The van der Waals surface area contributed by atoms with Gasteiger partial charge in [0.05, 0.1) is 11.9 Å². The van der Waals surface area contributed by atoms with Crippen molar-refractivity contribution in [2.24, 2.45) is 0 Å². The molecule has 1 N–H and O–H groups in total. The first-order chi connectivity index (χ1) is 10.3. The van der Waals surface area contributed by atoms with Gasteiger partial charge in [-0.15, -0.1) is 11.3 Å². The van der Waals surface area contributed by atoms with Gasteiger partial charge in [-0.05, 0) is 36.9 Å². The van der Waals surface area contributed by atoms with E-state index in [1.165, 1.54) is 16.3 Å². The molecule has 2 aromatic heterocycles. The van der Waals surface area contributed by atoms with Crippen LogP contribution in [0.2, 0.25) is 0 Å². The van der Waals surface area contributed by atoms with Crippen LogP contribution in [0.3, 0.4) is 0 Å². The van der Waals surface area contributed by atoms with Gasteiger partial charge in [0.25, 0.3) is 0 Å². The molecule has 0 saturated carbocycles. The number of aromatic nitrogens is 2. The van der Waals surface area contributed by atoms with Crippen molar-refractivity contribution in [2.75, 3.05) is 6.54 Å². The highest BCUT2D eigenvalue weighted by Gasteiger charge is 2.07. The minimum atomic E-state index is 0.834. The summed E-state index contributed by atoms with van der Waals surface area (Å²) in [5.41, 5.74) is 2.37. The number of hydrogen-bond donors (Lipinski definition) is 1. The molecule has 0 spiro atoms. The largest absolute Gasteiger partial charge is 0.311 e. The fourth-order valence-corrected chi connectivity index (χ4v) is 3.14. The standard InChI is InChI=1S/C17H19N3S/c1-14-19-13-16(20(14)15-6-3-2-4-7-15)12-18-10-9-17-8-5-11-21-17/h2-8,11,13,18H,9-10,12H2,1H3. The Balaban J connectivity index is 1.64. The average Bonchev–Trinajstić information content (AvgIpc) is 3.14. The lowest BCUT2D eigenvalue weighted by Crippen LogP contribution is -2.18. The number of para-hydroxylation sites is 1. The Kier molecular flexibility index (Phi) is 4.48. The number of benzene rings is 1. The zero-order valence-electron chi connectivity index (χ0n) is 12.1. The van der Waals surface area contributed by atoms with Gasteiger partial charge in [0, 0.05) is 23.7 Å². The van der Waals surface area contributed by atoms with Crippen LogP contribution in [0.4, 0.5) is 0 Å². The molecule has 0 unspecified atom stereocenters. The van der Waals surface area contributed by atoms with Gasteiger partial charge >= 0.3 is 0 Å². The van der Waals surface area contributed by atoms with Gasteiger partial charge in [0.1, 0.15) is 5.82 Å². The lowest BCUT2D eigenvalue weighted by atomic mass is 10.3. The summed E-state index contributed by atoms with van der Waals surface area (Å²) in [7, 11) is 0. The lowest BCUT2D eigenvalue weighted by molar-refractivity contribution is 0.666. The maximum absolute atomic E-state index is 4.45. The van der Waals surface area contributed by atoms with Crippen molar-refractivity contribution in [1.29, 1.82) is 0 Å². The summed E-state index contributed by atoms with van der Waals surface area (Å²) in [5, 5.41) is 5.64. The summed E-state index contributed by atoms with van der Waals surface area (Å²) in [6, 6.07) is 14.7. The Morgan fingerprint density at radius 3 is 2.76 bits per heavy atom. The van der Waals surface area contributed by atoms with Gasteiger partial charge in [-0.3, -0.25) is 4.57 Å². The highest BCUT2D eigenvalue weighted by Crippen LogP contribution is 2.14. The third kappa shape index (κ3) is 3.40. The molecule has 0 bridgehead atoms. The highest BCUT2D eigenvalue weighted by atomic mass is 32.1. The van der Waals surface area contributed by atoms with Gasteiger partial charge in [0.2, 0.25) is 0 Å². The van der Waals surface area contributed by atoms with Crippen molar-refractivity contribution >= 4 is 11.3 Å². The van der Waals surface area contributed by atoms with Crippen LogP contribution in [0, 0.1) is 6.92 Å². The fraction of sp³-hybridized carbons (Fsp3) is 0.235. The number of rotatable bonds is 6. The molecule has 0 atom stereocenters. The quantitative estimate of drug-likeness (QED) is 0.705. The van der Waals surface area contributed by atoms with E-state index < -0.39 is 0 Å². The second-order valence-corrected chi connectivity index (χ2v) is 6.01. The van der Waals surface area contributed by atoms with Gasteiger partial charge < -0.3 is 5.32 Å². The molecule has 0 aliphatic carbocycles. The Morgan fingerprint density at radius 2 is 2.00 bits per heavy atom. The zero-order valence-corrected chi connectivity index (χ0v) is 12.9. The molecule has 0 radical (unpaired) electrons.